The van der Waals surface area contributed by atoms with Crippen LogP contribution in [0.25, 0.3) is 0 Å². The average molecular weight is 332 g/mol. The molecule has 1 saturated heterocycles. The molecule has 1 heterocycles. The van der Waals surface area contributed by atoms with Crippen LogP contribution in [0, 0.1) is 0 Å². The molecule has 1 saturated carbocycles. The first kappa shape index (κ1) is 17.6. The molecule has 3 nitrogen and oxygen atoms in total. The van der Waals surface area contributed by atoms with E-state index in [1.165, 1.54) is 44.2 Å². The van der Waals surface area contributed by atoms with Crippen molar-refractivity contribution in [2.45, 2.75) is 70.3 Å². The monoisotopic (exact) mass is 331 g/mol. The van der Waals surface area contributed by atoms with Gasteiger partial charge in [0, 0.05) is 11.5 Å². The van der Waals surface area contributed by atoms with E-state index >= 15 is 0 Å². The van der Waals surface area contributed by atoms with Gasteiger partial charge >= 0.3 is 0 Å². The van der Waals surface area contributed by atoms with Crippen LogP contribution >= 0.6 is 0 Å². The van der Waals surface area contributed by atoms with Crippen molar-refractivity contribution < 1.29 is 9.47 Å². The molecule has 3 heteroatoms. The molecule has 1 aliphatic heterocycles. The van der Waals surface area contributed by atoms with Crippen molar-refractivity contribution in [1.29, 1.82) is 0 Å². The summed E-state index contributed by atoms with van der Waals surface area (Å²) in [5.41, 5.74) is 1.78. The summed E-state index contributed by atoms with van der Waals surface area (Å²) in [5.74, 6) is 1.84. The molecule has 0 aromatic heterocycles. The van der Waals surface area contributed by atoms with Crippen LogP contribution in [0.5, 0.6) is 11.5 Å². The standard InChI is InChI=1S/C21H33NO2/c1-4-6-15-24-19-16-17(10-11-18(19)23-5-2)21-12-8-7-9-20(21)22(3)14-13-21/h10-11,16,20H,4-9,12-15H2,1-3H3/t20?,21-/m0/s1. The summed E-state index contributed by atoms with van der Waals surface area (Å²) in [5, 5.41) is 0. The second-order valence-corrected chi connectivity index (χ2v) is 7.44. The van der Waals surface area contributed by atoms with E-state index < -0.39 is 0 Å². The van der Waals surface area contributed by atoms with Crippen molar-refractivity contribution in [3.8, 4) is 11.5 Å². The van der Waals surface area contributed by atoms with Gasteiger partial charge < -0.3 is 14.4 Å². The minimum Gasteiger partial charge on any atom is -0.490 e. The van der Waals surface area contributed by atoms with Gasteiger partial charge in [-0.1, -0.05) is 32.3 Å². The van der Waals surface area contributed by atoms with Gasteiger partial charge in [0.25, 0.3) is 0 Å². The van der Waals surface area contributed by atoms with Gasteiger partial charge in [0.15, 0.2) is 11.5 Å². The van der Waals surface area contributed by atoms with E-state index in [-0.39, 0.29) is 0 Å². The highest BCUT2D eigenvalue weighted by Gasteiger charge is 2.48. The highest BCUT2D eigenvalue weighted by atomic mass is 16.5. The van der Waals surface area contributed by atoms with Gasteiger partial charge in [-0.25, -0.2) is 0 Å². The third-order valence-electron chi connectivity index (χ3n) is 6.00. The van der Waals surface area contributed by atoms with Crippen molar-refractivity contribution in [2.24, 2.45) is 0 Å². The molecule has 134 valence electrons. The van der Waals surface area contributed by atoms with Crippen LogP contribution in [-0.2, 0) is 5.41 Å². The number of ether oxygens (including phenoxy) is 2. The van der Waals surface area contributed by atoms with E-state index in [4.69, 9.17) is 9.47 Å². The van der Waals surface area contributed by atoms with Crippen molar-refractivity contribution >= 4 is 0 Å². The molecular formula is C21H33NO2. The van der Waals surface area contributed by atoms with Gasteiger partial charge in [-0.15, -0.1) is 0 Å². The molecule has 2 atom stereocenters. The molecule has 24 heavy (non-hydrogen) atoms. The lowest BCUT2D eigenvalue weighted by molar-refractivity contribution is 0.181. The predicted octanol–water partition coefficient (Wildman–Crippen LogP) is 4.78. The van der Waals surface area contributed by atoms with Crippen molar-refractivity contribution in [2.75, 3.05) is 26.8 Å². The molecule has 1 unspecified atom stereocenters. The van der Waals surface area contributed by atoms with Crippen LogP contribution in [0.4, 0.5) is 0 Å². The van der Waals surface area contributed by atoms with E-state index in [1.54, 1.807) is 0 Å². The maximum Gasteiger partial charge on any atom is 0.161 e. The van der Waals surface area contributed by atoms with Crippen LogP contribution in [-0.4, -0.2) is 37.7 Å². The first-order chi connectivity index (χ1) is 11.7. The Morgan fingerprint density at radius 3 is 2.79 bits per heavy atom. The predicted molar refractivity (Wildman–Crippen MR) is 99.2 cm³/mol. The molecule has 0 radical (unpaired) electrons. The van der Waals surface area contributed by atoms with Crippen LogP contribution in [0.15, 0.2) is 18.2 Å². The zero-order valence-corrected chi connectivity index (χ0v) is 15.6. The van der Waals surface area contributed by atoms with E-state index in [0.717, 1.165) is 30.9 Å². The third kappa shape index (κ3) is 3.28. The summed E-state index contributed by atoms with van der Waals surface area (Å²) >= 11 is 0. The van der Waals surface area contributed by atoms with Gasteiger partial charge in [0.2, 0.25) is 0 Å². The molecule has 0 amide bonds. The Kier molecular flexibility index (Phi) is 5.70. The zero-order chi connectivity index (χ0) is 17.0. The minimum absolute atomic E-state index is 0.320. The normalized spacial score (nSPS) is 27.0. The lowest BCUT2D eigenvalue weighted by Gasteiger charge is -2.42. The Bertz CT molecular complexity index is 541. The number of hydrogen-bond donors (Lipinski definition) is 0. The Morgan fingerprint density at radius 2 is 2.00 bits per heavy atom. The van der Waals surface area contributed by atoms with Gasteiger partial charge in [-0.2, -0.15) is 0 Å². The van der Waals surface area contributed by atoms with E-state index in [2.05, 4.69) is 37.1 Å². The third-order valence-corrected chi connectivity index (χ3v) is 6.00. The Morgan fingerprint density at radius 1 is 1.12 bits per heavy atom. The molecule has 1 aromatic rings. The zero-order valence-electron chi connectivity index (χ0n) is 15.6. The SMILES string of the molecule is CCCCOc1cc([C@@]23CCCCC2N(C)CC3)ccc1OCC. The molecule has 3 rings (SSSR count). The molecule has 2 fully saturated rings. The topological polar surface area (TPSA) is 21.7 Å². The highest BCUT2D eigenvalue weighted by molar-refractivity contribution is 5.46. The summed E-state index contributed by atoms with van der Waals surface area (Å²) in [4.78, 5) is 2.58. The second-order valence-electron chi connectivity index (χ2n) is 7.44. The first-order valence-corrected chi connectivity index (χ1v) is 9.81. The number of hydrogen-bond acceptors (Lipinski definition) is 3. The summed E-state index contributed by atoms with van der Waals surface area (Å²) in [6.45, 7) is 6.90. The molecule has 0 bridgehead atoms. The van der Waals surface area contributed by atoms with Crippen LogP contribution < -0.4 is 9.47 Å². The molecule has 2 aliphatic rings. The number of likely N-dealkylation sites (N-methyl/N-ethyl adjacent to an activating group) is 1. The average Bonchev–Trinajstić information content (AvgIpc) is 2.95. The summed E-state index contributed by atoms with van der Waals surface area (Å²) in [6, 6.07) is 7.42. The van der Waals surface area contributed by atoms with Crippen LogP contribution in [0.2, 0.25) is 0 Å². The quantitative estimate of drug-likeness (QED) is 0.671. The van der Waals surface area contributed by atoms with Crippen LogP contribution in [0.3, 0.4) is 0 Å². The maximum absolute atomic E-state index is 6.09. The van der Waals surface area contributed by atoms with Gasteiger partial charge in [-0.05, 0) is 63.9 Å². The Hall–Kier alpha value is -1.22. The van der Waals surface area contributed by atoms with Gasteiger partial charge in [-0.3, -0.25) is 0 Å². The highest BCUT2D eigenvalue weighted by Crippen LogP contribution is 2.49. The fraction of sp³-hybridized carbons (Fsp3) is 0.714. The molecule has 0 N–H and O–H groups in total. The van der Waals surface area contributed by atoms with E-state index in [9.17, 15) is 0 Å². The molecule has 1 aliphatic carbocycles. The number of likely N-dealkylation sites (tertiary alicyclic amines) is 1. The minimum atomic E-state index is 0.320. The van der Waals surface area contributed by atoms with Crippen molar-refractivity contribution in [1.82, 2.24) is 4.90 Å². The molecular weight excluding hydrogens is 298 g/mol. The summed E-state index contributed by atoms with van der Waals surface area (Å²) in [7, 11) is 2.30. The number of benzene rings is 1. The van der Waals surface area contributed by atoms with E-state index in [0.29, 0.717) is 18.1 Å². The van der Waals surface area contributed by atoms with Gasteiger partial charge in [0.05, 0.1) is 13.2 Å². The van der Waals surface area contributed by atoms with Crippen molar-refractivity contribution in [3.05, 3.63) is 23.8 Å². The number of nitrogens with zero attached hydrogens (tertiary/aromatic N) is 1. The lowest BCUT2D eigenvalue weighted by atomic mass is 9.66. The van der Waals surface area contributed by atoms with Crippen LogP contribution in [0.1, 0.15) is 64.4 Å². The number of rotatable bonds is 7. The lowest BCUT2D eigenvalue weighted by Crippen LogP contribution is -2.43. The van der Waals surface area contributed by atoms with Crippen molar-refractivity contribution in [3.63, 3.8) is 0 Å². The largest absolute Gasteiger partial charge is 0.490 e. The second kappa shape index (κ2) is 7.77. The Labute approximate surface area is 147 Å². The fourth-order valence-corrected chi connectivity index (χ4v) is 4.70. The number of fused-ring (bicyclic) bond motifs is 1. The summed E-state index contributed by atoms with van der Waals surface area (Å²) in [6.07, 6.45) is 8.88. The Balaban J connectivity index is 1.90. The summed E-state index contributed by atoms with van der Waals surface area (Å²) < 4.78 is 11.9. The fourth-order valence-electron chi connectivity index (χ4n) is 4.70. The molecule has 0 spiro atoms. The number of unbranched alkanes of at least 4 members (excludes halogenated alkanes) is 1. The van der Waals surface area contributed by atoms with Gasteiger partial charge in [0.1, 0.15) is 0 Å². The van der Waals surface area contributed by atoms with E-state index in [1.807, 2.05) is 6.92 Å². The smallest absolute Gasteiger partial charge is 0.161 e. The first-order valence-electron chi connectivity index (χ1n) is 9.81. The maximum atomic E-state index is 6.09. The molecule has 1 aromatic carbocycles.